The molecule has 2 heterocycles. The van der Waals surface area contributed by atoms with Crippen LogP contribution in [-0.4, -0.2) is 43.0 Å². The summed E-state index contributed by atoms with van der Waals surface area (Å²) in [4.78, 5) is 6.50. The first-order chi connectivity index (χ1) is 15.7. The van der Waals surface area contributed by atoms with Crippen molar-refractivity contribution < 1.29 is 19.3 Å². The van der Waals surface area contributed by atoms with E-state index in [0.29, 0.717) is 23.9 Å². The van der Waals surface area contributed by atoms with Crippen molar-refractivity contribution in [1.29, 1.82) is 0 Å². The van der Waals surface area contributed by atoms with Crippen molar-refractivity contribution in [3.05, 3.63) is 76.9 Å². The molecule has 1 fully saturated rings. The van der Waals surface area contributed by atoms with E-state index in [2.05, 4.69) is 16.0 Å². The van der Waals surface area contributed by atoms with E-state index in [-0.39, 0.29) is 12.7 Å². The Labute approximate surface area is 193 Å². The third kappa shape index (κ3) is 5.33. The topological polar surface area (TPSA) is 64.1 Å². The zero-order valence-electron chi connectivity index (χ0n) is 18.0. The van der Waals surface area contributed by atoms with Crippen molar-refractivity contribution in [2.24, 2.45) is 0 Å². The summed E-state index contributed by atoms with van der Waals surface area (Å²) >= 11 is 6.19. The van der Waals surface area contributed by atoms with Crippen LogP contribution in [0.15, 0.2) is 60.8 Å². The molecule has 1 N–H and O–H groups in total. The molecule has 6 nitrogen and oxygen atoms in total. The van der Waals surface area contributed by atoms with E-state index in [9.17, 15) is 5.11 Å². The number of aromatic nitrogens is 1. The fraction of sp³-hybridized carbons (Fsp3) is 0.320. The summed E-state index contributed by atoms with van der Waals surface area (Å²) in [6, 6.07) is 17.4. The van der Waals surface area contributed by atoms with E-state index in [1.54, 1.807) is 25.4 Å². The molecular weight excluding hydrogens is 428 g/mol. The summed E-state index contributed by atoms with van der Waals surface area (Å²) in [7, 11) is 1.67. The number of aliphatic hydroxyl groups is 1. The monoisotopic (exact) mass is 454 g/mol. The summed E-state index contributed by atoms with van der Waals surface area (Å²) in [5.74, 6) is 1.96. The maximum atomic E-state index is 9.64. The Bertz CT molecular complexity index is 1050. The largest absolute Gasteiger partial charge is 0.471 e. The van der Waals surface area contributed by atoms with Crippen molar-refractivity contribution in [1.82, 2.24) is 4.98 Å². The second-order valence-corrected chi connectivity index (χ2v) is 8.08. The molecule has 4 rings (SSSR count). The van der Waals surface area contributed by atoms with Gasteiger partial charge in [0.25, 0.3) is 0 Å². The van der Waals surface area contributed by atoms with Crippen LogP contribution in [0.2, 0.25) is 5.02 Å². The Morgan fingerprint density at radius 1 is 1.12 bits per heavy atom. The Balaban J connectivity index is 1.49. The highest BCUT2D eigenvalue weighted by atomic mass is 35.5. The molecule has 0 saturated carbocycles. The van der Waals surface area contributed by atoms with Crippen molar-refractivity contribution >= 4 is 17.3 Å². The summed E-state index contributed by atoms with van der Waals surface area (Å²) in [5.41, 5.74) is 3.09. The van der Waals surface area contributed by atoms with Gasteiger partial charge < -0.3 is 24.2 Å². The summed E-state index contributed by atoms with van der Waals surface area (Å²) in [6.45, 7) is 2.12. The molecule has 1 aliphatic rings. The van der Waals surface area contributed by atoms with Crippen LogP contribution in [0.4, 0.5) is 5.69 Å². The van der Waals surface area contributed by atoms with E-state index in [4.69, 9.17) is 25.8 Å². The molecule has 168 valence electrons. The van der Waals surface area contributed by atoms with Crippen LogP contribution in [-0.2, 0) is 17.8 Å². The van der Waals surface area contributed by atoms with Crippen LogP contribution in [0.1, 0.15) is 17.5 Å². The molecule has 7 heteroatoms. The number of hydrogen-bond acceptors (Lipinski definition) is 6. The second kappa shape index (κ2) is 10.7. The fourth-order valence-electron chi connectivity index (χ4n) is 3.92. The highest BCUT2D eigenvalue weighted by molar-refractivity contribution is 6.31. The molecule has 3 aromatic rings. The van der Waals surface area contributed by atoms with E-state index in [1.807, 2.05) is 36.4 Å². The number of halogens is 1. The van der Waals surface area contributed by atoms with Gasteiger partial charge in [0.1, 0.15) is 22.6 Å². The summed E-state index contributed by atoms with van der Waals surface area (Å²) in [6.07, 6.45) is 3.09. The number of anilines is 1. The van der Waals surface area contributed by atoms with E-state index in [0.717, 1.165) is 47.8 Å². The van der Waals surface area contributed by atoms with Gasteiger partial charge in [0.2, 0.25) is 5.88 Å². The molecular formula is C25H27ClN2O4. The van der Waals surface area contributed by atoms with E-state index < -0.39 is 0 Å². The van der Waals surface area contributed by atoms with Gasteiger partial charge in [-0.15, -0.1) is 0 Å². The molecule has 32 heavy (non-hydrogen) atoms. The quantitative estimate of drug-likeness (QED) is 0.498. The number of benzene rings is 2. The zero-order valence-corrected chi connectivity index (χ0v) is 18.8. The van der Waals surface area contributed by atoms with Crippen LogP contribution >= 0.6 is 11.6 Å². The molecule has 0 bridgehead atoms. The molecule has 0 spiro atoms. The predicted molar refractivity (Wildman–Crippen MR) is 125 cm³/mol. The number of hydrogen-bond donors (Lipinski definition) is 1. The van der Waals surface area contributed by atoms with Crippen LogP contribution in [0.25, 0.3) is 0 Å². The SMILES string of the molecule is COCc1ccccc1Oc1ccc(N2CC[C@H](Oc3ncccc3Cl)C2)c(CCO)c1. The smallest absolute Gasteiger partial charge is 0.232 e. The summed E-state index contributed by atoms with van der Waals surface area (Å²) < 4.78 is 17.4. The second-order valence-electron chi connectivity index (χ2n) is 7.67. The fourth-order valence-corrected chi connectivity index (χ4v) is 4.08. The van der Waals surface area contributed by atoms with Gasteiger partial charge in [-0.1, -0.05) is 29.8 Å². The van der Waals surface area contributed by atoms with Crippen molar-refractivity contribution in [2.45, 2.75) is 25.6 Å². The van der Waals surface area contributed by atoms with Crippen LogP contribution < -0.4 is 14.4 Å². The number of nitrogens with zero attached hydrogens (tertiary/aromatic N) is 2. The standard InChI is InChI=1S/C25H27ClN2O4/c1-30-17-19-5-2-3-7-24(19)31-20-8-9-23(18(15-20)11-14-29)28-13-10-21(16-28)32-25-22(26)6-4-12-27-25/h2-9,12,15,21,29H,10-11,13-14,16-17H2,1H3/t21-/m0/s1. The van der Waals surface area contributed by atoms with Crippen molar-refractivity contribution in [3.8, 4) is 17.4 Å². The van der Waals surface area contributed by atoms with Crippen molar-refractivity contribution in [3.63, 3.8) is 0 Å². The Morgan fingerprint density at radius 2 is 2.00 bits per heavy atom. The molecule has 1 atom stereocenters. The molecule has 0 radical (unpaired) electrons. The Morgan fingerprint density at radius 3 is 2.81 bits per heavy atom. The van der Waals surface area contributed by atoms with Crippen LogP contribution in [0, 0.1) is 0 Å². The molecule has 2 aromatic carbocycles. The molecule has 1 aliphatic heterocycles. The maximum absolute atomic E-state index is 9.64. The lowest BCUT2D eigenvalue weighted by Gasteiger charge is -2.23. The summed E-state index contributed by atoms with van der Waals surface area (Å²) in [5, 5.41) is 10.2. The van der Waals surface area contributed by atoms with Gasteiger partial charge in [0, 0.05) is 44.1 Å². The number of rotatable bonds is 9. The number of ether oxygens (including phenoxy) is 3. The third-order valence-corrected chi connectivity index (χ3v) is 5.71. The number of pyridine rings is 1. The van der Waals surface area contributed by atoms with Gasteiger partial charge in [-0.2, -0.15) is 0 Å². The average molecular weight is 455 g/mol. The Kier molecular flexibility index (Phi) is 7.47. The van der Waals surface area contributed by atoms with Gasteiger partial charge >= 0.3 is 0 Å². The molecule has 0 unspecified atom stereocenters. The van der Waals surface area contributed by atoms with Gasteiger partial charge in [-0.05, 0) is 48.4 Å². The number of methoxy groups -OCH3 is 1. The predicted octanol–water partition coefficient (Wildman–Crippen LogP) is 4.87. The maximum Gasteiger partial charge on any atom is 0.232 e. The molecule has 0 aliphatic carbocycles. The van der Waals surface area contributed by atoms with Gasteiger partial charge in [0.15, 0.2) is 0 Å². The first kappa shape index (κ1) is 22.4. The Hall–Kier alpha value is -2.80. The van der Waals surface area contributed by atoms with Crippen LogP contribution in [0.3, 0.4) is 0 Å². The number of aliphatic hydroxyl groups excluding tert-OH is 1. The minimum Gasteiger partial charge on any atom is -0.471 e. The molecule has 1 aromatic heterocycles. The van der Waals surface area contributed by atoms with E-state index >= 15 is 0 Å². The average Bonchev–Trinajstić information content (AvgIpc) is 3.26. The normalized spacial score (nSPS) is 15.7. The first-order valence-corrected chi connectivity index (χ1v) is 11.1. The zero-order chi connectivity index (χ0) is 22.3. The minimum absolute atomic E-state index is 0.00113. The van der Waals surface area contributed by atoms with Gasteiger partial charge in [0.05, 0.1) is 13.2 Å². The number of para-hydroxylation sites is 1. The lowest BCUT2D eigenvalue weighted by Crippen LogP contribution is -2.25. The highest BCUT2D eigenvalue weighted by Gasteiger charge is 2.26. The van der Waals surface area contributed by atoms with Crippen molar-refractivity contribution in [2.75, 3.05) is 31.7 Å². The minimum atomic E-state index is 0.00113. The van der Waals surface area contributed by atoms with Crippen LogP contribution in [0.5, 0.6) is 17.4 Å². The highest BCUT2D eigenvalue weighted by Crippen LogP contribution is 2.33. The lowest BCUT2D eigenvalue weighted by atomic mass is 10.1. The first-order valence-electron chi connectivity index (χ1n) is 10.7. The van der Waals surface area contributed by atoms with Gasteiger partial charge in [-0.25, -0.2) is 4.98 Å². The lowest BCUT2D eigenvalue weighted by molar-refractivity contribution is 0.182. The van der Waals surface area contributed by atoms with E-state index in [1.165, 1.54) is 0 Å². The third-order valence-electron chi connectivity index (χ3n) is 5.42. The molecule has 0 amide bonds. The van der Waals surface area contributed by atoms with Gasteiger partial charge in [-0.3, -0.25) is 0 Å². The molecule has 1 saturated heterocycles.